The van der Waals surface area contributed by atoms with Crippen molar-refractivity contribution in [1.29, 1.82) is 0 Å². The molecule has 1 fully saturated rings. The van der Waals surface area contributed by atoms with Gasteiger partial charge in [-0.3, -0.25) is 4.79 Å². The van der Waals surface area contributed by atoms with Crippen molar-refractivity contribution in [1.82, 2.24) is 0 Å². The lowest BCUT2D eigenvalue weighted by molar-refractivity contribution is -0.153. The second-order valence-corrected chi connectivity index (χ2v) is 5.60. The van der Waals surface area contributed by atoms with Crippen LogP contribution >= 0.6 is 11.3 Å². The van der Waals surface area contributed by atoms with E-state index >= 15 is 0 Å². The minimum Gasteiger partial charge on any atom is -0.481 e. The molecular formula is C12H17NO2S. The van der Waals surface area contributed by atoms with Crippen LogP contribution < -0.4 is 4.90 Å². The fraction of sp³-hybridized carbons (Fsp3) is 0.583. The van der Waals surface area contributed by atoms with Crippen LogP contribution in [0.1, 0.15) is 24.8 Å². The van der Waals surface area contributed by atoms with Crippen LogP contribution in [0.3, 0.4) is 0 Å². The smallest absolute Gasteiger partial charge is 0.311 e. The molecule has 0 saturated heterocycles. The Hall–Kier alpha value is -1.03. The summed E-state index contributed by atoms with van der Waals surface area (Å²) < 4.78 is 0. The van der Waals surface area contributed by atoms with Gasteiger partial charge in [-0.15, -0.1) is 11.3 Å². The summed E-state index contributed by atoms with van der Waals surface area (Å²) in [6.45, 7) is 2.69. The molecule has 88 valence electrons. The number of aryl methyl sites for hydroxylation is 1. The maximum Gasteiger partial charge on any atom is 0.311 e. The summed E-state index contributed by atoms with van der Waals surface area (Å²) in [5.41, 5.74) is 0.734. The molecule has 0 amide bonds. The summed E-state index contributed by atoms with van der Waals surface area (Å²) in [6.07, 6.45) is 2.68. The van der Waals surface area contributed by atoms with Crippen molar-refractivity contribution in [3.8, 4) is 0 Å². The lowest BCUT2D eigenvalue weighted by Crippen LogP contribution is -2.46. The summed E-state index contributed by atoms with van der Waals surface area (Å²) in [6, 6.07) is 2.07. The summed E-state index contributed by atoms with van der Waals surface area (Å²) in [5, 5.41) is 12.5. The van der Waals surface area contributed by atoms with Crippen LogP contribution in [0.5, 0.6) is 0 Å². The first-order chi connectivity index (χ1) is 7.55. The van der Waals surface area contributed by atoms with Crippen molar-refractivity contribution in [2.24, 2.45) is 5.41 Å². The first-order valence-corrected chi connectivity index (χ1v) is 6.42. The second kappa shape index (κ2) is 4.09. The van der Waals surface area contributed by atoms with Gasteiger partial charge < -0.3 is 10.0 Å². The van der Waals surface area contributed by atoms with Crippen molar-refractivity contribution in [3.63, 3.8) is 0 Å². The van der Waals surface area contributed by atoms with Gasteiger partial charge in [-0.25, -0.2) is 0 Å². The Morgan fingerprint density at radius 1 is 1.62 bits per heavy atom. The van der Waals surface area contributed by atoms with Gasteiger partial charge in [-0.2, -0.15) is 0 Å². The van der Waals surface area contributed by atoms with Crippen molar-refractivity contribution in [3.05, 3.63) is 17.0 Å². The van der Waals surface area contributed by atoms with Crippen LogP contribution in [0.4, 0.5) is 5.00 Å². The summed E-state index contributed by atoms with van der Waals surface area (Å²) >= 11 is 1.68. The van der Waals surface area contributed by atoms with Crippen molar-refractivity contribution in [2.75, 3.05) is 18.5 Å². The van der Waals surface area contributed by atoms with Gasteiger partial charge in [0.05, 0.1) is 10.4 Å². The van der Waals surface area contributed by atoms with Gasteiger partial charge in [0.2, 0.25) is 0 Å². The molecule has 0 spiro atoms. The predicted molar refractivity (Wildman–Crippen MR) is 66.2 cm³/mol. The number of carboxylic acids is 1. The molecule has 1 heterocycles. The summed E-state index contributed by atoms with van der Waals surface area (Å²) in [5.74, 6) is -0.639. The van der Waals surface area contributed by atoms with E-state index in [1.165, 1.54) is 10.6 Å². The minimum atomic E-state index is -0.639. The molecule has 1 aliphatic carbocycles. The molecule has 2 rings (SSSR count). The number of carbonyl (C=O) groups is 1. The average Bonchev–Trinajstić information content (AvgIpc) is 2.57. The predicted octanol–water partition coefficient (Wildman–Crippen LogP) is 2.75. The molecule has 4 heteroatoms. The van der Waals surface area contributed by atoms with Crippen LogP contribution in [0.25, 0.3) is 0 Å². The molecule has 3 nitrogen and oxygen atoms in total. The summed E-state index contributed by atoms with van der Waals surface area (Å²) in [7, 11) is 1.99. The van der Waals surface area contributed by atoms with Crippen molar-refractivity contribution >= 4 is 22.3 Å². The third-order valence-electron chi connectivity index (χ3n) is 3.49. The van der Waals surface area contributed by atoms with E-state index in [0.29, 0.717) is 6.54 Å². The number of nitrogens with zero attached hydrogens (tertiary/aromatic N) is 1. The Labute approximate surface area is 99.7 Å². The first-order valence-electron chi connectivity index (χ1n) is 5.54. The van der Waals surface area contributed by atoms with Crippen LogP contribution in [-0.4, -0.2) is 24.7 Å². The Morgan fingerprint density at radius 2 is 2.31 bits per heavy atom. The van der Waals surface area contributed by atoms with Crippen molar-refractivity contribution in [2.45, 2.75) is 26.2 Å². The molecule has 1 saturated carbocycles. The topological polar surface area (TPSA) is 40.5 Å². The molecular weight excluding hydrogens is 222 g/mol. The fourth-order valence-corrected chi connectivity index (χ4v) is 3.22. The number of hydrogen-bond donors (Lipinski definition) is 1. The van der Waals surface area contributed by atoms with Crippen LogP contribution in [0.2, 0.25) is 0 Å². The van der Waals surface area contributed by atoms with E-state index in [-0.39, 0.29) is 0 Å². The standard InChI is InChI=1S/C12H17NO2S/c1-9-4-7-16-10(9)13(2)8-12(11(14)15)5-3-6-12/h4,7H,3,5-6,8H2,1-2H3,(H,14,15). The van der Waals surface area contributed by atoms with E-state index in [1.54, 1.807) is 11.3 Å². The fourth-order valence-electron chi connectivity index (χ4n) is 2.32. The van der Waals surface area contributed by atoms with Gasteiger partial charge in [0.25, 0.3) is 0 Å². The van der Waals surface area contributed by atoms with E-state index in [2.05, 4.69) is 23.3 Å². The highest BCUT2D eigenvalue weighted by Crippen LogP contribution is 2.43. The quantitative estimate of drug-likeness (QED) is 0.878. The van der Waals surface area contributed by atoms with Gasteiger partial charge in [-0.05, 0) is 36.8 Å². The Morgan fingerprint density at radius 3 is 2.69 bits per heavy atom. The zero-order valence-corrected chi connectivity index (χ0v) is 10.5. The highest BCUT2D eigenvalue weighted by Gasteiger charge is 2.45. The second-order valence-electron chi connectivity index (χ2n) is 4.70. The van der Waals surface area contributed by atoms with Crippen molar-refractivity contribution < 1.29 is 9.90 Å². The van der Waals surface area contributed by atoms with E-state index in [9.17, 15) is 9.90 Å². The molecule has 0 aromatic carbocycles. The third-order valence-corrected chi connectivity index (χ3v) is 4.61. The van der Waals surface area contributed by atoms with Gasteiger partial charge in [0, 0.05) is 13.6 Å². The van der Waals surface area contributed by atoms with Crippen LogP contribution in [0.15, 0.2) is 11.4 Å². The zero-order chi connectivity index (χ0) is 11.8. The van der Waals surface area contributed by atoms with Gasteiger partial charge in [-0.1, -0.05) is 6.42 Å². The molecule has 0 aliphatic heterocycles. The molecule has 0 unspecified atom stereocenters. The molecule has 16 heavy (non-hydrogen) atoms. The largest absolute Gasteiger partial charge is 0.481 e. The Balaban J connectivity index is 2.10. The number of carboxylic acid groups (broad SMARTS) is 1. The monoisotopic (exact) mass is 239 g/mol. The SMILES string of the molecule is Cc1ccsc1N(C)CC1(C(=O)O)CCC1. The zero-order valence-electron chi connectivity index (χ0n) is 9.69. The Kier molecular flexibility index (Phi) is 2.93. The van der Waals surface area contributed by atoms with Crippen LogP contribution in [-0.2, 0) is 4.79 Å². The van der Waals surface area contributed by atoms with E-state index < -0.39 is 11.4 Å². The number of hydrogen-bond acceptors (Lipinski definition) is 3. The highest BCUT2D eigenvalue weighted by atomic mass is 32.1. The third kappa shape index (κ3) is 1.82. The molecule has 0 bridgehead atoms. The molecule has 1 aromatic heterocycles. The van der Waals surface area contributed by atoms with E-state index in [4.69, 9.17) is 0 Å². The minimum absolute atomic E-state index is 0.495. The lowest BCUT2D eigenvalue weighted by Gasteiger charge is -2.40. The van der Waals surface area contributed by atoms with E-state index in [0.717, 1.165) is 19.3 Å². The number of anilines is 1. The van der Waals surface area contributed by atoms with E-state index in [1.807, 2.05) is 7.05 Å². The number of rotatable bonds is 4. The van der Waals surface area contributed by atoms with Gasteiger partial charge >= 0.3 is 5.97 Å². The van der Waals surface area contributed by atoms with Crippen LogP contribution in [0, 0.1) is 12.3 Å². The first kappa shape index (κ1) is 11.5. The molecule has 1 aromatic rings. The normalized spacial score (nSPS) is 17.9. The Bertz CT molecular complexity index is 395. The number of aliphatic carboxylic acids is 1. The number of thiophene rings is 1. The lowest BCUT2D eigenvalue weighted by atomic mass is 9.68. The van der Waals surface area contributed by atoms with Gasteiger partial charge in [0.15, 0.2) is 0 Å². The molecule has 1 aliphatic rings. The highest BCUT2D eigenvalue weighted by molar-refractivity contribution is 7.14. The maximum atomic E-state index is 11.3. The maximum absolute atomic E-state index is 11.3. The average molecular weight is 239 g/mol. The summed E-state index contributed by atoms with van der Waals surface area (Å²) in [4.78, 5) is 13.4. The molecule has 0 radical (unpaired) electrons. The molecule has 1 N–H and O–H groups in total. The molecule has 0 atom stereocenters. The van der Waals surface area contributed by atoms with Gasteiger partial charge in [0.1, 0.15) is 0 Å².